The van der Waals surface area contributed by atoms with Crippen molar-refractivity contribution in [1.82, 2.24) is 5.32 Å². The van der Waals surface area contributed by atoms with Gasteiger partial charge in [-0.1, -0.05) is 6.92 Å². The van der Waals surface area contributed by atoms with Crippen molar-refractivity contribution in [2.75, 3.05) is 26.4 Å². The second kappa shape index (κ2) is 10.0. The van der Waals surface area contributed by atoms with Gasteiger partial charge in [-0.25, -0.2) is 0 Å². The van der Waals surface area contributed by atoms with E-state index in [1.165, 1.54) is 6.92 Å². The van der Waals surface area contributed by atoms with Crippen molar-refractivity contribution in [3.63, 3.8) is 0 Å². The van der Waals surface area contributed by atoms with E-state index in [4.69, 9.17) is 13.3 Å². The molecule has 1 N–H and O–H groups in total. The standard InChI is InChI=1S/C13H27NO5Si/c1-6-13(12(16)10-14-11(5)15)20(17-7-2,18-8-3)19-9-4/h13H,6-10H2,1-5H3,(H,14,15). The van der Waals surface area contributed by atoms with Gasteiger partial charge in [-0.15, -0.1) is 0 Å². The van der Waals surface area contributed by atoms with Crippen LogP contribution in [0, 0.1) is 0 Å². The van der Waals surface area contributed by atoms with E-state index >= 15 is 0 Å². The Hall–Kier alpha value is -0.763. The molecule has 6 nitrogen and oxygen atoms in total. The van der Waals surface area contributed by atoms with Gasteiger partial charge in [0.2, 0.25) is 5.91 Å². The van der Waals surface area contributed by atoms with Gasteiger partial charge in [-0.2, -0.15) is 0 Å². The first kappa shape index (κ1) is 19.2. The molecule has 7 heteroatoms. The Morgan fingerprint density at radius 1 is 1.00 bits per heavy atom. The zero-order valence-corrected chi connectivity index (χ0v) is 14.2. The van der Waals surface area contributed by atoms with E-state index in [0.29, 0.717) is 26.2 Å². The summed E-state index contributed by atoms with van der Waals surface area (Å²) >= 11 is 0. The molecule has 0 bridgehead atoms. The summed E-state index contributed by atoms with van der Waals surface area (Å²) < 4.78 is 17.3. The van der Waals surface area contributed by atoms with E-state index in [9.17, 15) is 9.59 Å². The monoisotopic (exact) mass is 305 g/mol. The van der Waals surface area contributed by atoms with Gasteiger partial charge in [-0.05, 0) is 27.2 Å². The molecule has 0 saturated heterocycles. The molecule has 0 saturated carbocycles. The van der Waals surface area contributed by atoms with Crippen LogP contribution < -0.4 is 5.32 Å². The van der Waals surface area contributed by atoms with E-state index in [1.807, 2.05) is 27.7 Å². The number of nitrogens with one attached hydrogen (secondary N) is 1. The van der Waals surface area contributed by atoms with Gasteiger partial charge in [0.05, 0.1) is 12.1 Å². The Kier molecular flexibility index (Phi) is 9.65. The smallest absolute Gasteiger partial charge is 0.373 e. The Bertz CT molecular complexity index is 294. The fourth-order valence-electron chi connectivity index (χ4n) is 2.04. The molecule has 0 aromatic carbocycles. The van der Waals surface area contributed by atoms with Gasteiger partial charge in [0.1, 0.15) is 0 Å². The molecule has 0 spiro atoms. The molecule has 0 rings (SSSR count). The van der Waals surface area contributed by atoms with Crippen molar-refractivity contribution in [1.29, 1.82) is 0 Å². The minimum atomic E-state index is -3.06. The molecule has 0 aliphatic carbocycles. The molecule has 0 fully saturated rings. The molecule has 1 atom stereocenters. The molecule has 20 heavy (non-hydrogen) atoms. The van der Waals surface area contributed by atoms with Gasteiger partial charge in [-0.3, -0.25) is 9.59 Å². The van der Waals surface area contributed by atoms with Crippen LogP contribution in [0.1, 0.15) is 41.0 Å². The number of amides is 1. The molecule has 0 heterocycles. The number of Topliss-reactive ketones (excluding diaryl/α,β-unsaturated/α-hetero) is 1. The Balaban J connectivity index is 5.12. The van der Waals surface area contributed by atoms with E-state index in [0.717, 1.165) is 0 Å². The first-order chi connectivity index (χ1) is 9.47. The van der Waals surface area contributed by atoms with Crippen molar-refractivity contribution in [2.45, 2.75) is 46.6 Å². The van der Waals surface area contributed by atoms with Crippen LogP contribution in [0.3, 0.4) is 0 Å². The molecular weight excluding hydrogens is 278 g/mol. The molecule has 0 aliphatic rings. The lowest BCUT2D eigenvalue weighted by molar-refractivity contribution is -0.124. The predicted octanol–water partition coefficient (Wildman–Crippen LogP) is 1.52. The number of hydrogen-bond donors (Lipinski definition) is 1. The van der Waals surface area contributed by atoms with E-state index in [1.54, 1.807) is 0 Å². The normalized spacial score (nSPS) is 13.1. The molecule has 0 aromatic rings. The van der Waals surface area contributed by atoms with Crippen LogP contribution in [0.2, 0.25) is 5.54 Å². The van der Waals surface area contributed by atoms with Crippen molar-refractivity contribution in [3.05, 3.63) is 0 Å². The first-order valence-electron chi connectivity index (χ1n) is 7.16. The summed E-state index contributed by atoms with van der Waals surface area (Å²) in [6.07, 6.45) is 0.560. The topological polar surface area (TPSA) is 73.9 Å². The molecule has 1 amide bonds. The maximum absolute atomic E-state index is 12.3. The van der Waals surface area contributed by atoms with Crippen LogP contribution in [0.5, 0.6) is 0 Å². The second-order valence-electron chi connectivity index (χ2n) is 4.24. The SMILES string of the molecule is CCO[Si](OCC)(OCC)C(CC)C(=O)CNC(C)=O. The van der Waals surface area contributed by atoms with Crippen LogP contribution in [0.15, 0.2) is 0 Å². The number of carbonyl (C=O) groups excluding carboxylic acids is 2. The highest BCUT2D eigenvalue weighted by molar-refractivity contribution is 6.66. The number of ketones is 1. The zero-order chi connectivity index (χ0) is 15.6. The highest BCUT2D eigenvalue weighted by Crippen LogP contribution is 2.30. The van der Waals surface area contributed by atoms with Crippen molar-refractivity contribution >= 4 is 20.5 Å². The minimum Gasteiger partial charge on any atom is -0.373 e. The quantitative estimate of drug-likeness (QED) is 0.586. The van der Waals surface area contributed by atoms with Crippen molar-refractivity contribution in [2.24, 2.45) is 0 Å². The highest BCUT2D eigenvalue weighted by Gasteiger charge is 2.51. The van der Waals surface area contributed by atoms with Crippen LogP contribution in [-0.4, -0.2) is 46.9 Å². The fourth-order valence-corrected chi connectivity index (χ4v) is 5.10. The predicted molar refractivity (Wildman–Crippen MR) is 78.4 cm³/mol. The molecule has 0 aromatic heterocycles. The Morgan fingerprint density at radius 3 is 1.75 bits per heavy atom. The van der Waals surface area contributed by atoms with Gasteiger partial charge in [0.25, 0.3) is 0 Å². The van der Waals surface area contributed by atoms with Gasteiger partial charge >= 0.3 is 8.80 Å². The molecule has 0 radical (unpaired) electrons. The van der Waals surface area contributed by atoms with Gasteiger partial charge < -0.3 is 18.6 Å². The molecule has 118 valence electrons. The highest BCUT2D eigenvalue weighted by atomic mass is 28.4. The first-order valence-corrected chi connectivity index (χ1v) is 8.96. The summed E-state index contributed by atoms with van der Waals surface area (Å²) in [6, 6.07) is 0. The van der Waals surface area contributed by atoms with Crippen molar-refractivity contribution < 1.29 is 22.9 Å². The van der Waals surface area contributed by atoms with E-state index in [-0.39, 0.29) is 18.2 Å². The molecule has 0 aliphatic heterocycles. The summed E-state index contributed by atoms with van der Waals surface area (Å²) in [5, 5.41) is 2.53. The van der Waals surface area contributed by atoms with Gasteiger partial charge in [0, 0.05) is 26.7 Å². The Labute approximate surface area is 122 Å². The third kappa shape index (κ3) is 5.70. The average molecular weight is 305 g/mol. The average Bonchev–Trinajstić information content (AvgIpc) is 2.38. The third-order valence-electron chi connectivity index (χ3n) is 2.77. The maximum Gasteiger partial charge on any atom is 0.511 e. The second-order valence-corrected chi connectivity index (χ2v) is 7.01. The van der Waals surface area contributed by atoms with Crippen LogP contribution in [0.25, 0.3) is 0 Å². The summed E-state index contributed by atoms with van der Waals surface area (Å²) in [5.41, 5.74) is -0.450. The number of rotatable bonds is 11. The van der Waals surface area contributed by atoms with Crippen LogP contribution >= 0.6 is 0 Å². The van der Waals surface area contributed by atoms with Crippen LogP contribution in [-0.2, 0) is 22.9 Å². The summed E-state index contributed by atoms with van der Waals surface area (Å²) in [6.45, 7) is 10.1. The van der Waals surface area contributed by atoms with Crippen molar-refractivity contribution in [3.8, 4) is 0 Å². The maximum atomic E-state index is 12.3. The van der Waals surface area contributed by atoms with Crippen LogP contribution in [0.4, 0.5) is 0 Å². The lowest BCUT2D eigenvalue weighted by atomic mass is 10.2. The van der Waals surface area contributed by atoms with E-state index < -0.39 is 14.3 Å². The fraction of sp³-hybridized carbons (Fsp3) is 0.846. The minimum absolute atomic E-state index is 0.0180. The lowest BCUT2D eigenvalue weighted by Gasteiger charge is -2.34. The Morgan fingerprint density at radius 2 is 1.45 bits per heavy atom. The summed E-state index contributed by atoms with van der Waals surface area (Å²) in [4.78, 5) is 23.3. The number of carbonyl (C=O) groups is 2. The largest absolute Gasteiger partial charge is 0.511 e. The number of hydrogen-bond acceptors (Lipinski definition) is 5. The zero-order valence-electron chi connectivity index (χ0n) is 13.2. The van der Waals surface area contributed by atoms with Gasteiger partial charge in [0.15, 0.2) is 5.78 Å². The molecule has 1 unspecified atom stereocenters. The van der Waals surface area contributed by atoms with E-state index in [2.05, 4.69) is 5.32 Å². The molecular formula is C13H27NO5Si. The lowest BCUT2D eigenvalue weighted by Crippen LogP contribution is -2.54. The summed E-state index contributed by atoms with van der Waals surface area (Å²) in [5.74, 6) is -0.339. The third-order valence-corrected chi connectivity index (χ3v) is 6.43. The summed E-state index contributed by atoms with van der Waals surface area (Å²) in [7, 11) is -3.06.